The molecule has 0 aliphatic carbocycles. The highest BCUT2D eigenvalue weighted by Gasteiger charge is 2.24. The summed E-state index contributed by atoms with van der Waals surface area (Å²) in [7, 11) is 0. The van der Waals surface area contributed by atoms with Crippen LogP contribution in [0, 0.1) is 0 Å². The molecule has 0 radical (unpaired) electrons. The van der Waals surface area contributed by atoms with E-state index in [9.17, 15) is 5.11 Å². The Labute approximate surface area is 143 Å². The summed E-state index contributed by atoms with van der Waals surface area (Å²) in [4.78, 5) is 3.14. The summed E-state index contributed by atoms with van der Waals surface area (Å²) in [5.74, 6) is 0.803. The molecule has 0 amide bonds. The van der Waals surface area contributed by atoms with E-state index in [2.05, 4.69) is 38.0 Å². The highest BCUT2D eigenvalue weighted by atomic mass is 32.2. The van der Waals surface area contributed by atoms with Gasteiger partial charge in [0.05, 0.1) is 4.87 Å². The standard InChI is InChI=1S/C18H28N2O2S/c1-5-18(4,23-13(2)3)20-11-14(21)12-22-17-8-6-7-16-15(17)9-10-19-16/h6-10,13-14,19-21H,5,11-12H2,1-4H3. The van der Waals surface area contributed by atoms with Gasteiger partial charge in [0.25, 0.3) is 0 Å². The maximum Gasteiger partial charge on any atom is 0.128 e. The molecule has 0 spiro atoms. The molecule has 0 fully saturated rings. The van der Waals surface area contributed by atoms with Crippen LogP contribution in [0.5, 0.6) is 5.75 Å². The molecule has 0 saturated heterocycles. The van der Waals surface area contributed by atoms with E-state index in [1.807, 2.05) is 42.2 Å². The van der Waals surface area contributed by atoms with Gasteiger partial charge in [0, 0.05) is 28.9 Å². The molecule has 0 bridgehead atoms. The summed E-state index contributed by atoms with van der Waals surface area (Å²) < 4.78 is 5.80. The van der Waals surface area contributed by atoms with Crippen molar-refractivity contribution in [1.29, 1.82) is 0 Å². The summed E-state index contributed by atoms with van der Waals surface area (Å²) >= 11 is 1.89. The van der Waals surface area contributed by atoms with E-state index in [4.69, 9.17) is 4.74 Å². The van der Waals surface area contributed by atoms with Crippen molar-refractivity contribution in [2.75, 3.05) is 13.2 Å². The molecule has 0 saturated carbocycles. The fourth-order valence-corrected chi connectivity index (χ4v) is 3.91. The molecule has 0 aliphatic rings. The Kier molecular flexibility index (Phi) is 6.39. The first-order valence-electron chi connectivity index (χ1n) is 8.23. The van der Waals surface area contributed by atoms with Gasteiger partial charge in [-0.2, -0.15) is 0 Å². The van der Waals surface area contributed by atoms with Crippen molar-refractivity contribution in [3.05, 3.63) is 30.5 Å². The van der Waals surface area contributed by atoms with Gasteiger partial charge in [-0.3, -0.25) is 0 Å². The summed E-state index contributed by atoms with van der Waals surface area (Å²) in [6.07, 6.45) is 2.36. The van der Waals surface area contributed by atoms with Gasteiger partial charge in [-0.25, -0.2) is 0 Å². The normalized spacial score (nSPS) is 15.7. The zero-order chi connectivity index (χ0) is 16.9. The van der Waals surface area contributed by atoms with E-state index in [1.54, 1.807) is 0 Å². The van der Waals surface area contributed by atoms with Crippen LogP contribution in [-0.4, -0.2) is 39.5 Å². The molecule has 0 aliphatic heterocycles. The first-order chi connectivity index (χ1) is 10.9. The molecule has 23 heavy (non-hydrogen) atoms. The quantitative estimate of drug-likeness (QED) is 0.610. The van der Waals surface area contributed by atoms with Crippen LogP contribution in [0.4, 0.5) is 0 Å². The topological polar surface area (TPSA) is 57.3 Å². The van der Waals surface area contributed by atoms with Gasteiger partial charge < -0.3 is 20.1 Å². The summed E-state index contributed by atoms with van der Waals surface area (Å²) in [6.45, 7) is 9.54. The predicted octanol–water partition coefficient (Wildman–Crippen LogP) is 3.77. The first kappa shape index (κ1) is 18.2. The van der Waals surface area contributed by atoms with Crippen molar-refractivity contribution >= 4 is 22.7 Å². The fourth-order valence-electron chi connectivity index (χ4n) is 2.53. The summed E-state index contributed by atoms with van der Waals surface area (Å²) in [6, 6.07) is 7.88. The zero-order valence-corrected chi connectivity index (χ0v) is 15.2. The Bertz CT molecular complexity index is 614. The van der Waals surface area contributed by atoms with E-state index in [0.29, 0.717) is 11.8 Å². The monoisotopic (exact) mass is 336 g/mol. The number of nitrogens with one attached hydrogen (secondary N) is 2. The number of hydrogen-bond acceptors (Lipinski definition) is 4. The Hall–Kier alpha value is -1.17. The number of H-pyrrole nitrogens is 1. The van der Waals surface area contributed by atoms with E-state index in [-0.39, 0.29) is 11.5 Å². The maximum absolute atomic E-state index is 10.2. The Morgan fingerprint density at radius 1 is 1.35 bits per heavy atom. The number of rotatable bonds is 9. The molecule has 3 N–H and O–H groups in total. The maximum atomic E-state index is 10.2. The van der Waals surface area contributed by atoms with Crippen LogP contribution in [0.2, 0.25) is 0 Å². The smallest absolute Gasteiger partial charge is 0.128 e. The average molecular weight is 337 g/mol. The van der Waals surface area contributed by atoms with Crippen LogP contribution < -0.4 is 10.1 Å². The van der Waals surface area contributed by atoms with E-state index in [1.165, 1.54) is 0 Å². The zero-order valence-electron chi connectivity index (χ0n) is 14.4. The van der Waals surface area contributed by atoms with Gasteiger partial charge in [-0.05, 0) is 31.5 Å². The van der Waals surface area contributed by atoms with Gasteiger partial charge in [-0.1, -0.05) is 26.8 Å². The molecule has 1 aromatic carbocycles. The molecule has 4 nitrogen and oxygen atoms in total. The molecule has 1 heterocycles. The minimum absolute atomic E-state index is 0.0181. The lowest BCUT2D eigenvalue weighted by Gasteiger charge is -2.32. The van der Waals surface area contributed by atoms with E-state index < -0.39 is 6.10 Å². The third kappa shape index (κ3) is 5.16. The second-order valence-electron chi connectivity index (χ2n) is 6.29. The predicted molar refractivity (Wildman–Crippen MR) is 99.2 cm³/mol. The largest absolute Gasteiger partial charge is 0.490 e. The van der Waals surface area contributed by atoms with Gasteiger partial charge in [-0.15, -0.1) is 11.8 Å². The van der Waals surface area contributed by atoms with E-state index in [0.717, 1.165) is 23.1 Å². The molecule has 2 unspecified atom stereocenters. The molecule has 2 rings (SSSR count). The van der Waals surface area contributed by atoms with Crippen LogP contribution in [0.1, 0.15) is 34.1 Å². The molecule has 2 aromatic rings. The molecular weight excluding hydrogens is 308 g/mol. The second-order valence-corrected chi connectivity index (χ2v) is 8.37. The van der Waals surface area contributed by atoms with Crippen molar-refractivity contribution in [1.82, 2.24) is 10.3 Å². The van der Waals surface area contributed by atoms with Crippen molar-refractivity contribution in [3.8, 4) is 5.75 Å². The number of ether oxygens (including phenoxy) is 1. The third-order valence-electron chi connectivity index (χ3n) is 3.87. The van der Waals surface area contributed by atoms with Gasteiger partial charge in [0.2, 0.25) is 0 Å². The van der Waals surface area contributed by atoms with Crippen LogP contribution in [0.25, 0.3) is 10.9 Å². The number of hydrogen-bond donors (Lipinski definition) is 3. The number of aromatic amines is 1. The van der Waals surface area contributed by atoms with Crippen LogP contribution in [-0.2, 0) is 0 Å². The molecule has 5 heteroatoms. The van der Waals surface area contributed by atoms with Crippen LogP contribution in [0.15, 0.2) is 30.5 Å². The number of benzene rings is 1. The summed E-state index contributed by atoms with van der Waals surface area (Å²) in [5.41, 5.74) is 1.04. The Balaban J connectivity index is 1.85. The second kappa shape index (κ2) is 8.08. The minimum atomic E-state index is -0.539. The highest BCUT2D eigenvalue weighted by molar-refractivity contribution is 8.01. The average Bonchev–Trinajstić information content (AvgIpc) is 2.99. The van der Waals surface area contributed by atoms with Crippen LogP contribution >= 0.6 is 11.8 Å². The third-order valence-corrected chi connectivity index (χ3v) is 5.29. The minimum Gasteiger partial charge on any atom is -0.490 e. The summed E-state index contributed by atoms with van der Waals surface area (Å²) in [5, 5.41) is 15.3. The van der Waals surface area contributed by atoms with Gasteiger partial charge >= 0.3 is 0 Å². The van der Waals surface area contributed by atoms with Crippen molar-refractivity contribution in [3.63, 3.8) is 0 Å². The lowest BCUT2D eigenvalue weighted by molar-refractivity contribution is 0.103. The first-order valence-corrected chi connectivity index (χ1v) is 9.11. The van der Waals surface area contributed by atoms with Gasteiger partial charge in [0.1, 0.15) is 18.5 Å². The van der Waals surface area contributed by atoms with Gasteiger partial charge in [0.15, 0.2) is 0 Å². The Morgan fingerprint density at radius 3 is 2.83 bits per heavy atom. The fraction of sp³-hybridized carbons (Fsp3) is 0.556. The van der Waals surface area contributed by atoms with E-state index >= 15 is 0 Å². The lowest BCUT2D eigenvalue weighted by atomic mass is 10.2. The number of aliphatic hydroxyl groups is 1. The van der Waals surface area contributed by atoms with Crippen molar-refractivity contribution in [2.45, 2.75) is 50.3 Å². The highest BCUT2D eigenvalue weighted by Crippen LogP contribution is 2.29. The van der Waals surface area contributed by atoms with Crippen molar-refractivity contribution < 1.29 is 9.84 Å². The lowest BCUT2D eigenvalue weighted by Crippen LogP contribution is -2.45. The number of fused-ring (bicyclic) bond motifs is 1. The molecule has 2 atom stereocenters. The Morgan fingerprint density at radius 2 is 2.13 bits per heavy atom. The molecular formula is C18H28N2O2S. The SMILES string of the molecule is CCC(C)(NCC(O)COc1cccc2[nH]ccc12)SC(C)C. The number of aromatic nitrogens is 1. The number of aliphatic hydroxyl groups excluding tert-OH is 1. The number of thioether (sulfide) groups is 1. The van der Waals surface area contributed by atoms with Crippen LogP contribution in [0.3, 0.4) is 0 Å². The van der Waals surface area contributed by atoms with Crippen molar-refractivity contribution in [2.24, 2.45) is 0 Å². The molecule has 128 valence electrons. The molecule has 1 aromatic heterocycles.